The number of benzene rings is 2. The van der Waals surface area contributed by atoms with Crippen molar-refractivity contribution in [1.82, 2.24) is 0 Å². The van der Waals surface area contributed by atoms with E-state index in [1.54, 1.807) is 20.3 Å². The number of hydrogen-bond acceptors (Lipinski definition) is 6. The lowest BCUT2D eigenvalue weighted by molar-refractivity contribution is -0.162. The molecule has 188 valence electrons. The highest BCUT2D eigenvalue weighted by Crippen LogP contribution is 2.32. The molecule has 7 nitrogen and oxygen atoms in total. The number of rotatable bonds is 12. The Morgan fingerprint density at radius 1 is 0.941 bits per heavy atom. The van der Waals surface area contributed by atoms with Crippen LogP contribution in [-0.4, -0.2) is 46.7 Å². The van der Waals surface area contributed by atoms with E-state index < -0.39 is 10.1 Å². The van der Waals surface area contributed by atoms with Gasteiger partial charge in [0.1, 0.15) is 0 Å². The molecule has 1 heterocycles. The van der Waals surface area contributed by atoms with Crippen molar-refractivity contribution in [2.24, 2.45) is 0 Å². The van der Waals surface area contributed by atoms with Crippen LogP contribution < -0.4 is 9.47 Å². The highest BCUT2D eigenvalue weighted by molar-refractivity contribution is 7.85. The summed E-state index contributed by atoms with van der Waals surface area (Å²) in [6.45, 7) is 3.34. The predicted octanol–water partition coefficient (Wildman–Crippen LogP) is 4.91. The van der Waals surface area contributed by atoms with E-state index >= 15 is 0 Å². The van der Waals surface area contributed by atoms with E-state index in [0.717, 1.165) is 61.8 Å². The Kier molecular flexibility index (Phi) is 9.76. The van der Waals surface area contributed by atoms with Crippen LogP contribution >= 0.6 is 0 Å². The van der Waals surface area contributed by atoms with Crippen molar-refractivity contribution in [1.29, 1.82) is 0 Å². The minimum Gasteiger partial charge on any atom is -0.493 e. The summed E-state index contributed by atoms with van der Waals surface area (Å²) in [5.74, 6) is 1.31. The normalized spacial score (nSPS) is 16.4. The molecule has 1 aliphatic rings. The van der Waals surface area contributed by atoms with Gasteiger partial charge in [0, 0.05) is 13.2 Å². The third kappa shape index (κ3) is 7.43. The van der Waals surface area contributed by atoms with E-state index in [9.17, 15) is 13.0 Å². The minimum atomic E-state index is -4.29. The van der Waals surface area contributed by atoms with Crippen molar-refractivity contribution in [2.75, 3.05) is 27.4 Å². The molecule has 1 atom stereocenters. The van der Waals surface area contributed by atoms with Crippen LogP contribution in [0.5, 0.6) is 11.5 Å². The van der Waals surface area contributed by atoms with Crippen LogP contribution in [0, 0.1) is 6.92 Å². The van der Waals surface area contributed by atoms with Gasteiger partial charge in [-0.2, -0.15) is 8.42 Å². The molecule has 1 N–H and O–H groups in total. The molecule has 1 aliphatic heterocycles. The van der Waals surface area contributed by atoms with E-state index in [4.69, 9.17) is 18.9 Å². The molecule has 1 saturated heterocycles. The fraction of sp³-hybridized carbons (Fsp3) is 0.538. The molecule has 2 aromatic carbocycles. The number of methoxy groups -OCH3 is 2. The maximum absolute atomic E-state index is 11.8. The van der Waals surface area contributed by atoms with Crippen LogP contribution in [-0.2, 0) is 38.9 Å². The van der Waals surface area contributed by atoms with Gasteiger partial charge in [-0.25, -0.2) is 0 Å². The quantitative estimate of drug-likeness (QED) is 0.332. The fourth-order valence-electron chi connectivity index (χ4n) is 4.33. The third-order valence-electron chi connectivity index (χ3n) is 6.15. The summed E-state index contributed by atoms with van der Waals surface area (Å²) >= 11 is 0. The Morgan fingerprint density at radius 2 is 1.62 bits per heavy atom. The monoisotopic (exact) mass is 492 g/mol. The lowest BCUT2D eigenvalue weighted by atomic mass is 9.95. The van der Waals surface area contributed by atoms with Crippen LogP contribution in [0.1, 0.15) is 54.4 Å². The van der Waals surface area contributed by atoms with Gasteiger partial charge in [-0.05, 0) is 93.2 Å². The first-order valence-electron chi connectivity index (χ1n) is 11.9. The van der Waals surface area contributed by atoms with Crippen LogP contribution in [0.15, 0.2) is 35.2 Å². The van der Waals surface area contributed by atoms with Crippen LogP contribution in [0.25, 0.3) is 0 Å². The molecule has 3 rings (SSSR count). The second kappa shape index (κ2) is 12.5. The van der Waals surface area contributed by atoms with Gasteiger partial charge in [0.05, 0.1) is 19.1 Å². The highest BCUT2D eigenvalue weighted by atomic mass is 32.2. The van der Waals surface area contributed by atoms with Gasteiger partial charge in [0.25, 0.3) is 10.1 Å². The molecule has 0 spiro atoms. The van der Waals surface area contributed by atoms with Crippen molar-refractivity contribution >= 4 is 10.1 Å². The van der Waals surface area contributed by atoms with Crippen LogP contribution in [0.4, 0.5) is 0 Å². The number of hydrogen-bond donors (Lipinski definition) is 1. The second-order valence-electron chi connectivity index (χ2n) is 8.69. The summed E-state index contributed by atoms with van der Waals surface area (Å²) in [6.07, 6.45) is 6.92. The van der Waals surface area contributed by atoms with Gasteiger partial charge in [0.2, 0.25) is 0 Å². The van der Waals surface area contributed by atoms with Crippen molar-refractivity contribution in [3.05, 3.63) is 52.6 Å². The molecular weight excluding hydrogens is 456 g/mol. The molecule has 2 aromatic rings. The van der Waals surface area contributed by atoms with Crippen molar-refractivity contribution < 1.29 is 31.9 Å². The molecule has 0 bridgehead atoms. The Balaban J connectivity index is 1.70. The smallest absolute Gasteiger partial charge is 0.294 e. The summed E-state index contributed by atoms with van der Waals surface area (Å²) in [6, 6.07) is 8.93. The summed E-state index contributed by atoms with van der Waals surface area (Å²) in [5, 5.41) is 0. The highest BCUT2D eigenvalue weighted by Gasteiger charge is 2.18. The van der Waals surface area contributed by atoms with Crippen molar-refractivity contribution in [3.63, 3.8) is 0 Å². The van der Waals surface area contributed by atoms with Gasteiger partial charge < -0.3 is 18.9 Å². The molecule has 0 saturated carbocycles. The van der Waals surface area contributed by atoms with Crippen molar-refractivity contribution in [2.45, 2.75) is 69.5 Å². The molecule has 0 radical (unpaired) electrons. The number of unbranched alkanes of at least 4 members (excludes halogenated alkanes) is 1. The summed E-state index contributed by atoms with van der Waals surface area (Å²) < 4.78 is 55.8. The molecule has 1 unspecified atom stereocenters. The molecule has 0 amide bonds. The van der Waals surface area contributed by atoms with E-state index in [-0.39, 0.29) is 11.2 Å². The van der Waals surface area contributed by atoms with E-state index in [1.807, 2.05) is 25.1 Å². The van der Waals surface area contributed by atoms with Gasteiger partial charge >= 0.3 is 0 Å². The lowest BCUT2D eigenvalue weighted by Gasteiger charge is -2.22. The maximum atomic E-state index is 11.8. The SMILES string of the molecule is COc1cc(CCCCOC2CCCCO2)c(CCc2cc(C)ccc2S(=O)(=O)O)cc1OC. The maximum Gasteiger partial charge on any atom is 0.294 e. The molecule has 0 aromatic heterocycles. The molecule has 34 heavy (non-hydrogen) atoms. The minimum absolute atomic E-state index is 0.0396. The zero-order valence-corrected chi connectivity index (χ0v) is 21.2. The average molecular weight is 493 g/mol. The first kappa shape index (κ1) is 26.5. The van der Waals surface area contributed by atoms with Gasteiger partial charge in [-0.3, -0.25) is 4.55 Å². The number of aryl methyl sites for hydroxylation is 4. The van der Waals surface area contributed by atoms with Gasteiger partial charge in [-0.1, -0.05) is 17.7 Å². The third-order valence-corrected chi connectivity index (χ3v) is 7.10. The summed E-state index contributed by atoms with van der Waals surface area (Å²) in [7, 11) is -1.07. The standard InChI is InChI=1S/C26H36O7S/c1-19-10-13-25(34(27,28)29)22(16-19)12-11-21-18-24(31-3)23(30-2)17-20(21)8-4-6-14-32-26-9-5-7-15-33-26/h10,13,16-18,26H,4-9,11-12,14-15H2,1-3H3,(H,27,28,29). The van der Waals surface area contributed by atoms with Crippen LogP contribution in [0.3, 0.4) is 0 Å². The molecule has 0 aliphatic carbocycles. The number of ether oxygens (including phenoxy) is 4. The first-order valence-corrected chi connectivity index (χ1v) is 13.3. The van der Waals surface area contributed by atoms with E-state index in [0.29, 0.717) is 36.5 Å². The van der Waals surface area contributed by atoms with Crippen molar-refractivity contribution in [3.8, 4) is 11.5 Å². The average Bonchev–Trinajstić information content (AvgIpc) is 2.82. The predicted molar refractivity (Wildman–Crippen MR) is 130 cm³/mol. The second-order valence-corrected chi connectivity index (χ2v) is 10.1. The molecular formula is C26H36O7S. The lowest BCUT2D eigenvalue weighted by Crippen LogP contribution is -2.22. The molecule has 8 heteroatoms. The zero-order chi connectivity index (χ0) is 24.6. The Bertz CT molecular complexity index is 1040. The molecule has 1 fully saturated rings. The largest absolute Gasteiger partial charge is 0.493 e. The van der Waals surface area contributed by atoms with E-state index in [1.165, 1.54) is 6.07 Å². The Morgan fingerprint density at radius 3 is 2.24 bits per heavy atom. The first-order chi connectivity index (χ1) is 16.3. The fourth-order valence-corrected chi connectivity index (χ4v) is 5.06. The van der Waals surface area contributed by atoms with Gasteiger partial charge in [0.15, 0.2) is 17.8 Å². The zero-order valence-electron chi connectivity index (χ0n) is 20.3. The van der Waals surface area contributed by atoms with Gasteiger partial charge in [-0.15, -0.1) is 0 Å². The summed E-state index contributed by atoms with van der Waals surface area (Å²) in [4.78, 5) is -0.0396. The topological polar surface area (TPSA) is 91.3 Å². The van der Waals surface area contributed by atoms with E-state index in [2.05, 4.69) is 0 Å². The van der Waals surface area contributed by atoms with Crippen LogP contribution in [0.2, 0.25) is 0 Å². The summed E-state index contributed by atoms with van der Waals surface area (Å²) in [5.41, 5.74) is 3.74. The Labute approximate surface area is 203 Å². The Hall–Kier alpha value is -2.13.